The SMILES string of the molecule is COc1ccccc1NC(=O)c1n[nH]c2ccccc12.Cc1ccc(NC(=O)c2n[nH]c3ccccc23)c(C)c1. The molecule has 200 valence electrons. The molecule has 0 aliphatic rings. The summed E-state index contributed by atoms with van der Waals surface area (Å²) < 4.78 is 5.21. The number of fused-ring (bicyclic) bond motifs is 2. The van der Waals surface area contributed by atoms with Crippen molar-refractivity contribution in [3.8, 4) is 5.75 Å². The number of aromatic nitrogens is 4. The third-order valence-electron chi connectivity index (χ3n) is 6.36. The van der Waals surface area contributed by atoms with Gasteiger partial charge >= 0.3 is 0 Å². The van der Waals surface area contributed by atoms with Crippen LogP contribution in [0.15, 0.2) is 91.0 Å². The Morgan fingerprint density at radius 1 is 0.675 bits per heavy atom. The summed E-state index contributed by atoms with van der Waals surface area (Å²) in [5, 5.41) is 21.2. The van der Waals surface area contributed by atoms with Gasteiger partial charge in [-0.3, -0.25) is 19.8 Å². The Morgan fingerprint density at radius 3 is 1.77 bits per heavy atom. The first kappa shape index (κ1) is 26.2. The number of aryl methyl sites for hydroxylation is 2. The molecule has 0 unspecified atom stereocenters. The fourth-order valence-electron chi connectivity index (χ4n) is 4.34. The summed E-state index contributed by atoms with van der Waals surface area (Å²) in [6.45, 7) is 4.01. The average molecular weight is 533 g/mol. The van der Waals surface area contributed by atoms with Crippen molar-refractivity contribution in [3.63, 3.8) is 0 Å². The van der Waals surface area contributed by atoms with E-state index >= 15 is 0 Å². The van der Waals surface area contributed by atoms with Gasteiger partial charge in [-0.15, -0.1) is 0 Å². The van der Waals surface area contributed by atoms with Crippen molar-refractivity contribution in [1.82, 2.24) is 20.4 Å². The van der Waals surface area contributed by atoms with E-state index in [0.717, 1.165) is 33.1 Å². The van der Waals surface area contributed by atoms with Crippen LogP contribution in [0.2, 0.25) is 0 Å². The molecule has 0 aliphatic carbocycles. The van der Waals surface area contributed by atoms with Crippen LogP contribution in [0.3, 0.4) is 0 Å². The van der Waals surface area contributed by atoms with Crippen LogP contribution in [-0.2, 0) is 0 Å². The highest BCUT2D eigenvalue weighted by atomic mass is 16.5. The van der Waals surface area contributed by atoms with Crippen molar-refractivity contribution >= 4 is 45.0 Å². The highest BCUT2D eigenvalue weighted by Crippen LogP contribution is 2.25. The molecule has 2 amide bonds. The lowest BCUT2D eigenvalue weighted by Crippen LogP contribution is -2.13. The van der Waals surface area contributed by atoms with Gasteiger partial charge in [0, 0.05) is 16.5 Å². The summed E-state index contributed by atoms with van der Waals surface area (Å²) >= 11 is 0. The summed E-state index contributed by atoms with van der Waals surface area (Å²) in [4.78, 5) is 24.6. The Hall–Kier alpha value is -5.44. The lowest BCUT2D eigenvalue weighted by Gasteiger charge is -2.08. The molecule has 0 aliphatic heterocycles. The second kappa shape index (κ2) is 11.5. The van der Waals surface area contributed by atoms with Gasteiger partial charge in [-0.2, -0.15) is 10.2 Å². The molecule has 0 bridgehead atoms. The van der Waals surface area contributed by atoms with E-state index in [4.69, 9.17) is 4.74 Å². The highest BCUT2D eigenvalue weighted by molar-refractivity contribution is 6.12. The van der Waals surface area contributed by atoms with E-state index in [1.807, 2.05) is 92.7 Å². The molecule has 0 saturated carbocycles. The number of ether oxygens (including phenoxy) is 1. The summed E-state index contributed by atoms with van der Waals surface area (Å²) in [5.41, 5.74) is 6.12. The standard InChI is InChI=1S/C16H15N3O.C15H13N3O2/c1-10-7-8-13(11(2)9-10)17-16(20)15-12-5-3-4-6-14(12)18-19-15;1-20-13-9-5-4-8-12(13)16-15(19)14-10-6-2-3-7-11(10)17-18-14/h3-9H,1-2H3,(H,17,20)(H,18,19);2-9H,1H3,(H,16,19)(H,17,18). The number of carbonyl (C=O) groups is 2. The number of H-pyrrole nitrogens is 2. The van der Waals surface area contributed by atoms with Crippen molar-refractivity contribution in [3.05, 3.63) is 114 Å². The number of para-hydroxylation sites is 4. The molecule has 6 aromatic rings. The second-order valence-electron chi connectivity index (χ2n) is 9.16. The van der Waals surface area contributed by atoms with Crippen LogP contribution < -0.4 is 15.4 Å². The van der Waals surface area contributed by atoms with Crippen molar-refractivity contribution in [2.24, 2.45) is 0 Å². The van der Waals surface area contributed by atoms with Gasteiger partial charge in [-0.25, -0.2) is 0 Å². The number of methoxy groups -OCH3 is 1. The number of carbonyl (C=O) groups excluding carboxylic acids is 2. The molecule has 2 aromatic heterocycles. The van der Waals surface area contributed by atoms with Crippen molar-refractivity contribution < 1.29 is 14.3 Å². The van der Waals surface area contributed by atoms with Gasteiger partial charge in [0.1, 0.15) is 5.75 Å². The number of hydrogen-bond acceptors (Lipinski definition) is 5. The number of amides is 2. The molecule has 0 radical (unpaired) electrons. The highest BCUT2D eigenvalue weighted by Gasteiger charge is 2.16. The number of aromatic amines is 2. The summed E-state index contributed by atoms with van der Waals surface area (Å²) in [6.07, 6.45) is 0. The van der Waals surface area contributed by atoms with Gasteiger partial charge in [-0.05, 0) is 49.7 Å². The lowest BCUT2D eigenvalue weighted by molar-refractivity contribution is 0.101. The predicted octanol–water partition coefficient (Wildman–Crippen LogP) is 6.26. The van der Waals surface area contributed by atoms with Crippen LogP contribution in [0.25, 0.3) is 21.8 Å². The normalized spacial score (nSPS) is 10.6. The first-order valence-corrected chi connectivity index (χ1v) is 12.6. The molecule has 0 atom stereocenters. The smallest absolute Gasteiger partial charge is 0.276 e. The van der Waals surface area contributed by atoms with Crippen LogP contribution in [0.5, 0.6) is 5.75 Å². The van der Waals surface area contributed by atoms with Crippen molar-refractivity contribution in [2.45, 2.75) is 13.8 Å². The third kappa shape index (κ3) is 5.53. The lowest BCUT2D eigenvalue weighted by atomic mass is 10.1. The van der Waals surface area contributed by atoms with E-state index in [2.05, 4.69) is 31.0 Å². The maximum absolute atomic E-state index is 12.3. The minimum Gasteiger partial charge on any atom is -0.495 e. The molecule has 6 rings (SSSR count). The maximum Gasteiger partial charge on any atom is 0.276 e. The van der Waals surface area contributed by atoms with Gasteiger partial charge in [0.25, 0.3) is 11.8 Å². The van der Waals surface area contributed by atoms with Crippen molar-refractivity contribution in [1.29, 1.82) is 0 Å². The van der Waals surface area contributed by atoms with E-state index in [1.165, 1.54) is 5.56 Å². The van der Waals surface area contributed by atoms with Gasteiger partial charge in [0.2, 0.25) is 0 Å². The molecule has 4 N–H and O–H groups in total. The summed E-state index contributed by atoms with van der Waals surface area (Å²) in [6, 6.07) is 28.3. The predicted molar refractivity (Wildman–Crippen MR) is 157 cm³/mol. The molecule has 0 saturated heterocycles. The third-order valence-corrected chi connectivity index (χ3v) is 6.36. The van der Waals surface area contributed by atoms with E-state index in [-0.39, 0.29) is 11.8 Å². The van der Waals surface area contributed by atoms with Crippen LogP contribution in [-0.4, -0.2) is 39.3 Å². The van der Waals surface area contributed by atoms with Crippen LogP contribution in [0.1, 0.15) is 32.1 Å². The van der Waals surface area contributed by atoms with Gasteiger partial charge in [-0.1, -0.05) is 66.2 Å². The molecule has 0 fully saturated rings. The maximum atomic E-state index is 12.3. The second-order valence-corrected chi connectivity index (χ2v) is 9.16. The quantitative estimate of drug-likeness (QED) is 0.209. The van der Waals surface area contributed by atoms with Crippen molar-refractivity contribution in [2.75, 3.05) is 17.7 Å². The van der Waals surface area contributed by atoms with E-state index in [9.17, 15) is 9.59 Å². The summed E-state index contributed by atoms with van der Waals surface area (Å²) in [5.74, 6) is 0.141. The van der Waals surface area contributed by atoms with Gasteiger partial charge in [0.15, 0.2) is 11.4 Å². The fraction of sp³-hybridized carbons (Fsp3) is 0.0968. The number of benzene rings is 4. The van der Waals surface area contributed by atoms with Gasteiger partial charge < -0.3 is 15.4 Å². The number of rotatable bonds is 5. The van der Waals surface area contributed by atoms with E-state index in [1.54, 1.807) is 19.2 Å². The first-order valence-electron chi connectivity index (χ1n) is 12.6. The molecule has 9 heteroatoms. The Bertz CT molecular complexity index is 1820. The Morgan fingerprint density at radius 2 is 1.20 bits per heavy atom. The van der Waals surface area contributed by atoms with Crippen LogP contribution in [0, 0.1) is 13.8 Å². The van der Waals surface area contributed by atoms with Crippen LogP contribution >= 0.6 is 0 Å². The average Bonchev–Trinajstić information content (AvgIpc) is 3.60. The zero-order valence-electron chi connectivity index (χ0n) is 22.3. The topological polar surface area (TPSA) is 125 Å². The Labute approximate surface area is 230 Å². The minimum absolute atomic E-state index is 0.200. The number of nitrogens with one attached hydrogen (secondary N) is 4. The minimum atomic E-state index is -0.271. The first-order chi connectivity index (χ1) is 19.4. The Balaban J connectivity index is 0.000000161. The fourth-order valence-corrected chi connectivity index (χ4v) is 4.34. The molecule has 40 heavy (non-hydrogen) atoms. The number of anilines is 2. The monoisotopic (exact) mass is 532 g/mol. The molecule has 4 aromatic carbocycles. The van der Waals surface area contributed by atoms with Crippen LogP contribution in [0.4, 0.5) is 11.4 Å². The summed E-state index contributed by atoms with van der Waals surface area (Å²) in [7, 11) is 1.56. The molecule has 2 heterocycles. The Kier molecular flexibility index (Phi) is 7.54. The number of nitrogens with zero attached hydrogens (tertiary/aromatic N) is 2. The largest absolute Gasteiger partial charge is 0.495 e. The van der Waals surface area contributed by atoms with Gasteiger partial charge in [0.05, 0.1) is 23.8 Å². The molecular formula is C31H28N6O3. The number of hydrogen-bond donors (Lipinski definition) is 4. The van der Waals surface area contributed by atoms with E-state index < -0.39 is 0 Å². The van der Waals surface area contributed by atoms with E-state index in [0.29, 0.717) is 22.8 Å². The molecular weight excluding hydrogens is 504 g/mol. The zero-order chi connectivity index (χ0) is 28.1. The molecule has 9 nitrogen and oxygen atoms in total. The zero-order valence-corrected chi connectivity index (χ0v) is 22.3. The molecule has 0 spiro atoms.